The van der Waals surface area contributed by atoms with Crippen LogP contribution in [0.3, 0.4) is 0 Å². The lowest BCUT2D eigenvalue weighted by atomic mass is 10.1. The zero-order chi connectivity index (χ0) is 9.38. The fourth-order valence-electron chi connectivity index (χ4n) is 1.74. The normalized spacial score (nSPS) is 18.1. The van der Waals surface area contributed by atoms with E-state index in [0.717, 1.165) is 18.1 Å². The summed E-state index contributed by atoms with van der Waals surface area (Å²) >= 11 is 0. The van der Waals surface area contributed by atoms with Gasteiger partial charge >= 0.3 is 0 Å². The number of hydrogen-bond acceptors (Lipinski definition) is 2. The summed E-state index contributed by atoms with van der Waals surface area (Å²) in [5.74, 6) is 1.02. The van der Waals surface area contributed by atoms with Gasteiger partial charge in [0, 0.05) is 17.7 Å². The molecule has 0 atom stereocenters. The number of nitrogens with zero attached hydrogens (tertiary/aromatic N) is 1. The zero-order valence-corrected chi connectivity index (χ0v) is 7.70. The van der Waals surface area contributed by atoms with E-state index in [-0.39, 0.29) is 0 Å². The molecule has 68 valence electrons. The van der Waals surface area contributed by atoms with Crippen LogP contribution in [0.2, 0.25) is 0 Å². The van der Waals surface area contributed by atoms with Gasteiger partial charge in [-0.25, -0.2) is 4.99 Å². The molecule has 2 aliphatic rings. The predicted octanol–water partition coefficient (Wildman–Crippen LogP) is 1.97. The van der Waals surface area contributed by atoms with Gasteiger partial charge in [-0.05, 0) is 6.08 Å². The van der Waals surface area contributed by atoms with Crippen LogP contribution in [-0.2, 0) is 0 Å². The lowest BCUT2D eigenvalue weighted by Crippen LogP contribution is -2.15. The van der Waals surface area contributed by atoms with Crippen LogP contribution in [0.1, 0.15) is 5.56 Å². The van der Waals surface area contributed by atoms with Crippen molar-refractivity contribution >= 4 is 11.5 Å². The van der Waals surface area contributed by atoms with Crippen molar-refractivity contribution < 1.29 is 0 Å². The lowest BCUT2D eigenvalue weighted by Gasteiger charge is -1.97. The summed E-state index contributed by atoms with van der Waals surface area (Å²) in [7, 11) is 0. The lowest BCUT2D eigenvalue weighted by molar-refractivity contribution is 1.08. The first-order valence-corrected chi connectivity index (χ1v) is 4.74. The van der Waals surface area contributed by atoms with Gasteiger partial charge in [0.05, 0.1) is 5.70 Å². The number of aliphatic imine (C=N–C) groups is 1. The van der Waals surface area contributed by atoms with Crippen LogP contribution >= 0.6 is 0 Å². The highest BCUT2D eigenvalue weighted by Gasteiger charge is 2.18. The summed E-state index contributed by atoms with van der Waals surface area (Å²) in [5, 5.41) is 3.22. The molecule has 3 rings (SSSR count). The van der Waals surface area contributed by atoms with Crippen LogP contribution in [-0.4, -0.2) is 12.4 Å². The third-order valence-corrected chi connectivity index (χ3v) is 2.46. The van der Waals surface area contributed by atoms with Crippen molar-refractivity contribution in [2.24, 2.45) is 4.99 Å². The molecule has 1 aromatic rings. The van der Waals surface area contributed by atoms with E-state index in [2.05, 4.69) is 34.6 Å². The first-order chi connectivity index (χ1) is 6.93. The average Bonchev–Trinajstić information content (AvgIpc) is 2.78. The number of nitrogens with one attached hydrogen (secondary N) is 1. The van der Waals surface area contributed by atoms with Gasteiger partial charge in [0.1, 0.15) is 5.84 Å². The maximum absolute atomic E-state index is 4.52. The van der Waals surface area contributed by atoms with Crippen molar-refractivity contribution in [3.05, 3.63) is 53.6 Å². The number of fused-ring (bicyclic) bond motifs is 1. The molecule has 0 aromatic heterocycles. The van der Waals surface area contributed by atoms with Crippen LogP contribution in [0.25, 0.3) is 5.70 Å². The Morgan fingerprint density at radius 1 is 1.14 bits per heavy atom. The van der Waals surface area contributed by atoms with Gasteiger partial charge in [-0.1, -0.05) is 36.4 Å². The van der Waals surface area contributed by atoms with Gasteiger partial charge in [-0.15, -0.1) is 0 Å². The van der Waals surface area contributed by atoms with Crippen molar-refractivity contribution in [1.29, 1.82) is 0 Å². The van der Waals surface area contributed by atoms with E-state index in [4.69, 9.17) is 0 Å². The Morgan fingerprint density at radius 3 is 2.79 bits per heavy atom. The van der Waals surface area contributed by atoms with Gasteiger partial charge in [-0.3, -0.25) is 0 Å². The van der Waals surface area contributed by atoms with Crippen LogP contribution in [0, 0.1) is 0 Å². The van der Waals surface area contributed by atoms with E-state index in [1.165, 1.54) is 11.1 Å². The Morgan fingerprint density at radius 2 is 2.00 bits per heavy atom. The van der Waals surface area contributed by atoms with Crippen LogP contribution in [0.5, 0.6) is 0 Å². The number of benzene rings is 1. The summed E-state index contributed by atoms with van der Waals surface area (Å²) < 4.78 is 0. The highest BCUT2D eigenvalue weighted by molar-refractivity contribution is 6.10. The summed E-state index contributed by atoms with van der Waals surface area (Å²) in [5.41, 5.74) is 3.46. The van der Waals surface area contributed by atoms with E-state index in [1.807, 2.05) is 18.2 Å². The molecule has 2 heterocycles. The molecular weight excluding hydrogens is 172 g/mol. The second kappa shape index (κ2) is 2.84. The van der Waals surface area contributed by atoms with Gasteiger partial charge < -0.3 is 5.32 Å². The second-order valence-corrected chi connectivity index (χ2v) is 3.40. The van der Waals surface area contributed by atoms with E-state index >= 15 is 0 Å². The fourth-order valence-corrected chi connectivity index (χ4v) is 1.74. The van der Waals surface area contributed by atoms with Crippen molar-refractivity contribution in [3.8, 4) is 0 Å². The molecule has 0 saturated heterocycles. The van der Waals surface area contributed by atoms with E-state index in [9.17, 15) is 0 Å². The Bertz CT molecular complexity index is 452. The Balaban J connectivity index is 2.04. The Labute approximate surface area is 82.7 Å². The van der Waals surface area contributed by atoms with Crippen molar-refractivity contribution in [1.82, 2.24) is 5.32 Å². The van der Waals surface area contributed by atoms with Crippen molar-refractivity contribution in [2.75, 3.05) is 6.54 Å². The number of hydrogen-bond donors (Lipinski definition) is 1. The highest BCUT2D eigenvalue weighted by atomic mass is 15.0. The molecule has 0 radical (unpaired) electrons. The van der Waals surface area contributed by atoms with Crippen LogP contribution < -0.4 is 5.32 Å². The molecule has 2 nitrogen and oxygen atoms in total. The Hall–Kier alpha value is -1.83. The van der Waals surface area contributed by atoms with E-state index in [1.54, 1.807) is 0 Å². The molecule has 0 spiro atoms. The molecule has 0 fully saturated rings. The molecule has 2 aliphatic heterocycles. The minimum Gasteiger partial charge on any atom is -0.366 e. The van der Waals surface area contributed by atoms with E-state index < -0.39 is 0 Å². The third-order valence-electron chi connectivity index (χ3n) is 2.46. The smallest absolute Gasteiger partial charge is 0.134 e. The number of amidine groups is 1. The maximum Gasteiger partial charge on any atom is 0.134 e. The topological polar surface area (TPSA) is 24.4 Å². The molecule has 1 N–H and O–H groups in total. The Kier molecular flexibility index (Phi) is 1.53. The maximum atomic E-state index is 4.52. The summed E-state index contributed by atoms with van der Waals surface area (Å²) in [4.78, 5) is 4.52. The zero-order valence-electron chi connectivity index (χ0n) is 7.70. The largest absolute Gasteiger partial charge is 0.366 e. The summed E-state index contributed by atoms with van der Waals surface area (Å²) in [6.45, 7) is 0.909. The van der Waals surface area contributed by atoms with Gasteiger partial charge in [0.25, 0.3) is 0 Å². The summed E-state index contributed by atoms with van der Waals surface area (Å²) in [6, 6.07) is 10.2. The van der Waals surface area contributed by atoms with Crippen molar-refractivity contribution in [2.45, 2.75) is 0 Å². The molecule has 0 amide bonds. The summed E-state index contributed by atoms with van der Waals surface area (Å²) in [6.07, 6.45) is 4.29. The van der Waals surface area contributed by atoms with Gasteiger partial charge in [0.2, 0.25) is 0 Å². The van der Waals surface area contributed by atoms with Crippen molar-refractivity contribution in [3.63, 3.8) is 0 Å². The SMILES string of the molecule is C1=C2C=C(c3ccccc3)N=C2NC1. The van der Waals surface area contributed by atoms with Crippen LogP contribution in [0.4, 0.5) is 0 Å². The van der Waals surface area contributed by atoms with Gasteiger partial charge in [0.15, 0.2) is 0 Å². The molecule has 0 saturated carbocycles. The molecule has 0 bridgehead atoms. The molecule has 14 heavy (non-hydrogen) atoms. The fraction of sp³-hybridized carbons (Fsp3) is 0.0833. The first-order valence-electron chi connectivity index (χ1n) is 4.74. The first kappa shape index (κ1) is 7.56. The van der Waals surface area contributed by atoms with Gasteiger partial charge in [-0.2, -0.15) is 0 Å². The molecular formula is C12H10N2. The predicted molar refractivity (Wildman–Crippen MR) is 57.9 cm³/mol. The molecule has 0 aliphatic carbocycles. The third kappa shape index (κ3) is 1.08. The minimum atomic E-state index is 0.909. The molecule has 1 aromatic carbocycles. The highest BCUT2D eigenvalue weighted by Crippen LogP contribution is 2.25. The molecule has 0 unspecified atom stereocenters. The monoisotopic (exact) mass is 182 g/mol. The quantitative estimate of drug-likeness (QED) is 0.705. The second-order valence-electron chi connectivity index (χ2n) is 3.40. The van der Waals surface area contributed by atoms with Crippen LogP contribution in [0.15, 0.2) is 53.0 Å². The van der Waals surface area contributed by atoms with E-state index in [0.29, 0.717) is 0 Å². The standard InChI is InChI=1S/C12H10N2/c1-2-4-9(5-3-1)11-8-10-6-7-13-12(10)14-11/h1-6,8H,7H2,(H,13,14). The minimum absolute atomic E-state index is 0.909. The average molecular weight is 182 g/mol. The number of rotatable bonds is 1. The molecule has 2 heteroatoms.